The minimum atomic E-state index is -0.471. The van der Waals surface area contributed by atoms with E-state index in [9.17, 15) is 13.6 Å². The Kier molecular flexibility index (Phi) is 3.66. The van der Waals surface area contributed by atoms with Crippen LogP contribution in [0.3, 0.4) is 0 Å². The van der Waals surface area contributed by atoms with E-state index in [2.05, 4.69) is 10.6 Å². The largest absolute Gasteiger partial charge is 0.324 e. The fourth-order valence-electron chi connectivity index (χ4n) is 2.45. The zero-order valence-corrected chi connectivity index (χ0v) is 11.2. The van der Waals surface area contributed by atoms with Crippen molar-refractivity contribution in [2.75, 3.05) is 11.9 Å². The van der Waals surface area contributed by atoms with Crippen LogP contribution < -0.4 is 10.6 Å². The van der Waals surface area contributed by atoms with Crippen LogP contribution in [0.4, 0.5) is 14.5 Å². The van der Waals surface area contributed by atoms with Crippen LogP contribution in [0.5, 0.6) is 0 Å². The molecule has 0 saturated carbocycles. The monoisotopic (exact) mass is 288 g/mol. The zero-order valence-electron chi connectivity index (χ0n) is 11.2. The smallest absolute Gasteiger partial charge is 0.246 e. The lowest BCUT2D eigenvalue weighted by molar-refractivity contribution is -0.117. The van der Waals surface area contributed by atoms with Crippen LogP contribution in [0.25, 0.3) is 0 Å². The molecule has 1 atom stereocenters. The molecule has 21 heavy (non-hydrogen) atoms. The van der Waals surface area contributed by atoms with Crippen LogP contribution >= 0.6 is 0 Å². The van der Waals surface area contributed by atoms with Crippen LogP contribution in [-0.2, 0) is 11.2 Å². The maximum Gasteiger partial charge on any atom is 0.246 e. The fourth-order valence-corrected chi connectivity index (χ4v) is 2.45. The number of carbonyl (C=O) groups is 1. The molecule has 3 rings (SSSR count). The summed E-state index contributed by atoms with van der Waals surface area (Å²) >= 11 is 0. The van der Waals surface area contributed by atoms with Gasteiger partial charge in [0.05, 0.1) is 0 Å². The molecule has 1 amide bonds. The number of hydrogen-bond donors (Lipinski definition) is 2. The predicted octanol–water partition coefficient (Wildman–Crippen LogP) is 2.79. The Morgan fingerprint density at radius 1 is 1.05 bits per heavy atom. The molecular weight excluding hydrogens is 274 g/mol. The Hall–Kier alpha value is -2.27. The molecule has 0 spiro atoms. The third-order valence-corrected chi connectivity index (χ3v) is 3.52. The average Bonchev–Trinajstić information content (AvgIpc) is 2.76. The molecule has 0 fully saturated rings. The molecule has 108 valence electrons. The van der Waals surface area contributed by atoms with Gasteiger partial charge < -0.3 is 10.6 Å². The number of benzene rings is 2. The molecular formula is C16H14F2N2O. The summed E-state index contributed by atoms with van der Waals surface area (Å²) in [4.78, 5) is 11.9. The summed E-state index contributed by atoms with van der Waals surface area (Å²) < 4.78 is 25.9. The molecule has 3 nitrogen and oxygen atoms in total. The first-order valence-corrected chi connectivity index (χ1v) is 6.71. The van der Waals surface area contributed by atoms with E-state index in [1.54, 1.807) is 18.2 Å². The number of carbonyl (C=O) groups excluding carboxylic acids is 1. The first kappa shape index (κ1) is 13.7. The third-order valence-electron chi connectivity index (χ3n) is 3.52. The zero-order chi connectivity index (χ0) is 14.8. The Labute approximate surface area is 121 Å². The number of hydrogen-bond acceptors (Lipinski definition) is 2. The molecule has 2 N–H and O–H groups in total. The molecule has 2 aromatic rings. The lowest BCUT2D eigenvalue weighted by Gasteiger charge is -2.11. The summed E-state index contributed by atoms with van der Waals surface area (Å²) in [7, 11) is 0. The first-order valence-electron chi connectivity index (χ1n) is 6.71. The number of fused-ring (bicyclic) bond motifs is 1. The molecule has 2 aromatic carbocycles. The van der Waals surface area contributed by atoms with Gasteiger partial charge in [0.1, 0.15) is 17.7 Å². The molecule has 1 unspecified atom stereocenters. The second-order valence-electron chi connectivity index (χ2n) is 4.98. The van der Waals surface area contributed by atoms with Crippen molar-refractivity contribution in [3.63, 3.8) is 0 Å². The second-order valence-corrected chi connectivity index (χ2v) is 4.98. The average molecular weight is 288 g/mol. The first-order chi connectivity index (χ1) is 10.1. The molecule has 5 heteroatoms. The summed E-state index contributed by atoms with van der Waals surface area (Å²) in [5.74, 6) is -0.825. The minimum Gasteiger partial charge on any atom is -0.324 e. The lowest BCUT2D eigenvalue weighted by atomic mass is 10.1. The van der Waals surface area contributed by atoms with Crippen molar-refractivity contribution in [2.45, 2.75) is 12.5 Å². The molecule has 0 saturated heterocycles. The molecule has 1 aliphatic rings. The van der Waals surface area contributed by atoms with Crippen LogP contribution in [0.2, 0.25) is 0 Å². The topological polar surface area (TPSA) is 41.1 Å². The molecule has 0 bridgehead atoms. The van der Waals surface area contributed by atoms with Crippen molar-refractivity contribution in [2.24, 2.45) is 0 Å². The Bertz CT molecular complexity index is 670. The van der Waals surface area contributed by atoms with E-state index in [1.165, 1.54) is 24.3 Å². The second kappa shape index (κ2) is 5.61. The van der Waals surface area contributed by atoms with Crippen LogP contribution in [0, 0.1) is 11.6 Å². The van der Waals surface area contributed by atoms with E-state index in [0.717, 1.165) is 11.1 Å². The fraction of sp³-hybridized carbons (Fsp3) is 0.188. The maximum absolute atomic E-state index is 13.1. The van der Waals surface area contributed by atoms with E-state index >= 15 is 0 Å². The highest BCUT2D eigenvalue weighted by atomic mass is 19.1. The number of rotatable bonds is 4. The third kappa shape index (κ3) is 2.92. The van der Waals surface area contributed by atoms with E-state index in [1.807, 2.05) is 0 Å². The van der Waals surface area contributed by atoms with Gasteiger partial charge in [-0.3, -0.25) is 4.79 Å². The summed E-state index contributed by atoms with van der Waals surface area (Å²) in [6.45, 7) is 0.570. The van der Waals surface area contributed by atoms with Gasteiger partial charge in [0.15, 0.2) is 0 Å². The summed E-state index contributed by atoms with van der Waals surface area (Å²) in [5, 5.41) is 5.80. The van der Waals surface area contributed by atoms with Crippen LogP contribution in [0.1, 0.15) is 17.2 Å². The Balaban J connectivity index is 1.63. The predicted molar refractivity (Wildman–Crippen MR) is 75.9 cm³/mol. The molecule has 1 aliphatic heterocycles. The SMILES string of the molecule is O=C1Nc2cc(F)ccc2C1NCCc1ccc(F)cc1. The van der Waals surface area contributed by atoms with Gasteiger partial charge in [-0.1, -0.05) is 18.2 Å². The highest BCUT2D eigenvalue weighted by molar-refractivity contribution is 6.02. The van der Waals surface area contributed by atoms with E-state index in [-0.39, 0.29) is 17.5 Å². The minimum absolute atomic E-state index is 0.185. The summed E-state index contributed by atoms with van der Waals surface area (Å²) in [6.07, 6.45) is 0.681. The van der Waals surface area contributed by atoms with Crippen molar-refractivity contribution < 1.29 is 13.6 Å². The summed E-state index contributed by atoms with van der Waals surface area (Å²) in [5.41, 5.74) is 2.25. The normalized spacial score (nSPS) is 16.7. The van der Waals surface area contributed by atoms with Crippen molar-refractivity contribution in [1.82, 2.24) is 5.32 Å². The van der Waals surface area contributed by atoms with Gasteiger partial charge in [0.25, 0.3) is 0 Å². The van der Waals surface area contributed by atoms with Crippen LogP contribution in [0.15, 0.2) is 42.5 Å². The van der Waals surface area contributed by atoms with Crippen molar-refractivity contribution >= 4 is 11.6 Å². The van der Waals surface area contributed by atoms with Gasteiger partial charge in [-0.05, 0) is 36.2 Å². The van der Waals surface area contributed by atoms with Gasteiger partial charge >= 0.3 is 0 Å². The number of anilines is 1. The van der Waals surface area contributed by atoms with E-state index in [0.29, 0.717) is 18.7 Å². The van der Waals surface area contributed by atoms with Gasteiger partial charge in [0.2, 0.25) is 5.91 Å². The standard InChI is InChI=1S/C16H14F2N2O/c17-11-3-1-10(2-4-11)7-8-19-15-13-6-5-12(18)9-14(13)20-16(15)21/h1-6,9,15,19H,7-8H2,(H,20,21). The Morgan fingerprint density at radius 2 is 1.76 bits per heavy atom. The highest BCUT2D eigenvalue weighted by Crippen LogP contribution is 2.31. The van der Waals surface area contributed by atoms with Gasteiger partial charge in [-0.2, -0.15) is 0 Å². The quantitative estimate of drug-likeness (QED) is 0.908. The van der Waals surface area contributed by atoms with Gasteiger partial charge in [-0.25, -0.2) is 8.78 Å². The summed E-state index contributed by atoms with van der Waals surface area (Å²) in [6, 6.07) is 10.1. The number of halogens is 2. The number of amides is 1. The van der Waals surface area contributed by atoms with Crippen molar-refractivity contribution in [1.29, 1.82) is 0 Å². The molecule has 0 radical (unpaired) electrons. The molecule has 0 aliphatic carbocycles. The lowest BCUT2D eigenvalue weighted by Crippen LogP contribution is -2.29. The van der Waals surface area contributed by atoms with Gasteiger partial charge in [-0.15, -0.1) is 0 Å². The van der Waals surface area contributed by atoms with Crippen molar-refractivity contribution in [3.05, 3.63) is 65.2 Å². The van der Waals surface area contributed by atoms with Gasteiger partial charge in [0, 0.05) is 17.8 Å². The van der Waals surface area contributed by atoms with E-state index < -0.39 is 6.04 Å². The van der Waals surface area contributed by atoms with E-state index in [4.69, 9.17) is 0 Å². The number of nitrogens with one attached hydrogen (secondary N) is 2. The van der Waals surface area contributed by atoms with Crippen molar-refractivity contribution in [3.8, 4) is 0 Å². The molecule has 1 heterocycles. The Morgan fingerprint density at radius 3 is 2.52 bits per heavy atom. The highest BCUT2D eigenvalue weighted by Gasteiger charge is 2.29. The molecule has 0 aromatic heterocycles. The maximum atomic E-state index is 13.1. The van der Waals surface area contributed by atoms with Crippen LogP contribution in [-0.4, -0.2) is 12.5 Å².